The lowest BCUT2D eigenvalue weighted by molar-refractivity contribution is -0.123. The second-order valence-corrected chi connectivity index (χ2v) is 7.29. The predicted octanol–water partition coefficient (Wildman–Crippen LogP) is 2.49. The number of halogens is 2. The molecule has 0 saturated carbocycles. The van der Waals surface area contributed by atoms with Crippen LogP contribution in [0.4, 0.5) is 5.95 Å². The molecular formula is C19H23Cl2N5O2. The monoisotopic (exact) mass is 423 g/mol. The minimum Gasteiger partial charge on any atom is -0.482 e. The first-order chi connectivity index (χ1) is 13.6. The van der Waals surface area contributed by atoms with Crippen molar-refractivity contribution in [3.05, 3.63) is 46.7 Å². The summed E-state index contributed by atoms with van der Waals surface area (Å²) in [7, 11) is 0. The van der Waals surface area contributed by atoms with E-state index in [9.17, 15) is 4.79 Å². The van der Waals surface area contributed by atoms with E-state index in [1.165, 1.54) is 0 Å². The Morgan fingerprint density at radius 2 is 1.89 bits per heavy atom. The number of piperazine rings is 1. The molecule has 1 N–H and O–H groups in total. The van der Waals surface area contributed by atoms with Gasteiger partial charge in [0.1, 0.15) is 5.75 Å². The Morgan fingerprint density at radius 1 is 1.14 bits per heavy atom. The Labute approximate surface area is 174 Å². The van der Waals surface area contributed by atoms with Crippen LogP contribution in [0.2, 0.25) is 10.0 Å². The molecule has 0 aliphatic carbocycles. The molecule has 0 atom stereocenters. The van der Waals surface area contributed by atoms with Gasteiger partial charge in [-0.1, -0.05) is 23.2 Å². The van der Waals surface area contributed by atoms with Crippen LogP contribution in [0.1, 0.15) is 6.42 Å². The van der Waals surface area contributed by atoms with Gasteiger partial charge in [0.2, 0.25) is 5.95 Å². The number of aromatic nitrogens is 2. The van der Waals surface area contributed by atoms with Crippen LogP contribution in [0, 0.1) is 0 Å². The van der Waals surface area contributed by atoms with Gasteiger partial charge in [-0.15, -0.1) is 0 Å². The molecule has 1 aromatic carbocycles. The molecule has 1 aliphatic rings. The molecule has 0 bridgehead atoms. The lowest BCUT2D eigenvalue weighted by Crippen LogP contribution is -2.47. The number of hydrogen-bond donors (Lipinski definition) is 1. The van der Waals surface area contributed by atoms with Crippen molar-refractivity contribution in [2.45, 2.75) is 6.42 Å². The molecular weight excluding hydrogens is 401 g/mol. The Hall–Kier alpha value is -2.09. The summed E-state index contributed by atoms with van der Waals surface area (Å²) in [5.74, 6) is 1.01. The molecule has 9 heteroatoms. The van der Waals surface area contributed by atoms with Gasteiger partial charge in [-0.05, 0) is 31.2 Å². The first-order valence-corrected chi connectivity index (χ1v) is 9.96. The fourth-order valence-corrected chi connectivity index (χ4v) is 3.27. The molecule has 150 valence electrons. The third kappa shape index (κ3) is 6.22. The number of amides is 1. The van der Waals surface area contributed by atoms with Gasteiger partial charge >= 0.3 is 0 Å². The summed E-state index contributed by atoms with van der Waals surface area (Å²) in [5.41, 5.74) is 0. The molecule has 2 heterocycles. The molecule has 2 aromatic rings. The van der Waals surface area contributed by atoms with E-state index in [0.29, 0.717) is 22.3 Å². The first-order valence-electron chi connectivity index (χ1n) is 9.21. The van der Waals surface area contributed by atoms with E-state index in [2.05, 4.69) is 25.1 Å². The smallest absolute Gasteiger partial charge is 0.257 e. The van der Waals surface area contributed by atoms with Crippen molar-refractivity contribution in [1.29, 1.82) is 0 Å². The van der Waals surface area contributed by atoms with Crippen LogP contribution in [-0.4, -0.2) is 66.7 Å². The number of rotatable bonds is 8. The maximum absolute atomic E-state index is 11.9. The van der Waals surface area contributed by atoms with E-state index >= 15 is 0 Å². The number of nitrogens with one attached hydrogen (secondary N) is 1. The van der Waals surface area contributed by atoms with Crippen molar-refractivity contribution in [2.24, 2.45) is 0 Å². The van der Waals surface area contributed by atoms with Crippen LogP contribution >= 0.6 is 23.2 Å². The number of carbonyl (C=O) groups is 1. The lowest BCUT2D eigenvalue weighted by Gasteiger charge is -2.34. The molecule has 1 aliphatic heterocycles. The Morgan fingerprint density at radius 3 is 2.64 bits per heavy atom. The molecule has 3 rings (SSSR count). The van der Waals surface area contributed by atoms with Gasteiger partial charge in [0, 0.05) is 56.2 Å². The minimum atomic E-state index is -0.179. The molecule has 0 spiro atoms. The van der Waals surface area contributed by atoms with Crippen molar-refractivity contribution >= 4 is 35.1 Å². The maximum Gasteiger partial charge on any atom is 0.257 e. The van der Waals surface area contributed by atoms with Gasteiger partial charge in [-0.25, -0.2) is 9.97 Å². The van der Waals surface area contributed by atoms with Crippen LogP contribution in [0.15, 0.2) is 36.7 Å². The van der Waals surface area contributed by atoms with Crippen molar-refractivity contribution < 1.29 is 9.53 Å². The molecule has 28 heavy (non-hydrogen) atoms. The Kier molecular flexibility index (Phi) is 7.71. The van der Waals surface area contributed by atoms with Gasteiger partial charge in [-0.2, -0.15) is 0 Å². The highest BCUT2D eigenvalue weighted by atomic mass is 35.5. The number of carbonyl (C=O) groups excluding carboxylic acids is 1. The first kappa shape index (κ1) is 20.6. The van der Waals surface area contributed by atoms with Crippen molar-refractivity contribution in [2.75, 3.05) is 50.8 Å². The zero-order chi connectivity index (χ0) is 19.8. The Balaban J connectivity index is 1.29. The largest absolute Gasteiger partial charge is 0.482 e. The standard InChI is InChI=1S/C19H23Cl2N5O2/c20-15-3-4-16(21)17(13-15)28-14-18(27)22-7-2-8-25-9-11-26(12-10-25)19-23-5-1-6-24-19/h1,3-6,13H,2,7-12,14H2,(H,22,27). The van der Waals surface area contributed by atoms with E-state index < -0.39 is 0 Å². The zero-order valence-electron chi connectivity index (χ0n) is 15.5. The highest BCUT2D eigenvalue weighted by Crippen LogP contribution is 2.27. The van der Waals surface area contributed by atoms with Crippen LogP contribution in [-0.2, 0) is 4.79 Å². The molecule has 0 unspecified atom stereocenters. The maximum atomic E-state index is 11.9. The van der Waals surface area contributed by atoms with Gasteiger partial charge in [0.25, 0.3) is 5.91 Å². The molecule has 0 radical (unpaired) electrons. The van der Waals surface area contributed by atoms with E-state index in [1.807, 2.05) is 6.07 Å². The summed E-state index contributed by atoms with van der Waals surface area (Å²) in [4.78, 5) is 25.1. The average Bonchev–Trinajstić information content (AvgIpc) is 2.73. The topological polar surface area (TPSA) is 70.6 Å². The summed E-state index contributed by atoms with van der Waals surface area (Å²) in [6.45, 7) is 5.19. The van der Waals surface area contributed by atoms with E-state index in [1.54, 1.807) is 30.6 Å². The third-order valence-corrected chi connectivity index (χ3v) is 4.98. The minimum absolute atomic E-state index is 0.0875. The zero-order valence-corrected chi connectivity index (χ0v) is 17.0. The van der Waals surface area contributed by atoms with Gasteiger partial charge < -0.3 is 15.0 Å². The number of anilines is 1. The lowest BCUT2D eigenvalue weighted by atomic mass is 10.3. The highest BCUT2D eigenvalue weighted by molar-refractivity contribution is 6.34. The summed E-state index contributed by atoms with van der Waals surface area (Å²) in [5, 5.41) is 3.80. The SMILES string of the molecule is O=C(COc1cc(Cl)ccc1Cl)NCCCN1CCN(c2ncccn2)CC1. The number of hydrogen-bond acceptors (Lipinski definition) is 6. The van der Waals surface area contributed by atoms with Crippen LogP contribution in [0.3, 0.4) is 0 Å². The molecule has 1 aromatic heterocycles. The van der Waals surface area contributed by atoms with E-state index in [4.69, 9.17) is 27.9 Å². The Bertz CT molecular complexity index is 770. The highest BCUT2D eigenvalue weighted by Gasteiger charge is 2.18. The normalized spacial score (nSPS) is 14.7. The van der Waals surface area contributed by atoms with E-state index in [-0.39, 0.29) is 12.5 Å². The fraction of sp³-hybridized carbons (Fsp3) is 0.421. The molecule has 1 amide bonds. The third-order valence-electron chi connectivity index (χ3n) is 4.43. The average molecular weight is 424 g/mol. The number of nitrogens with zero attached hydrogens (tertiary/aromatic N) is 4. The second kappa shape index (κ2) is 10.5. The van der Waals surface area contributed by atoms with Crippen LogP contribution in [0.25, 0.3) is 0 Å². The van der Waals surface area contributed by atoms with E-state index in [0.717, 1.165) is 45.1 Å². The summed E-state index contributed by atoms with van der Waals surface area (Å²) in [6, 6.07) is 6.73. The predicted molar refractivity (Wildman–Crippen MR) is 110 cm³/mol. The van der Waals surface area contributed by atoms with Crippen LogP contribution < -0.4 is 15.0 Å². The van der Waals surface area contributed by atoms with Gasteiger partial charge in [-0.3, -0.25) is 9.69 Å². The van der Waals surface area contributed by atoms with Crippen molar-refractivity contribution in [3.63, 3.8) is 0 Å². The second-order valence-electron chi connectivity index (χ2n) is 6.44. The van der Waals surface area contributed by atoms with Crippen LogP contribution in [0.5, 0.6) is 5.75 Å². The fourth-order valence-electron chi connectivity index (χ4n) is 2.94. The molecule has 7 nitrogen and oxygen atoms in total. The van der Waals surface area contributed by atoms with Crippen molar-refractivity contribution in [1.82, 2.24) is 20.2 Å². The molecule has 1 fully saturated rings. The van der Waals surface area contributed by atoms with Gasteiger partial charge in [0.15, 0.2) is 6.61 Å². The van der Waals surface area contributed by atoms with Crippen molar-refractivity contribution in [3.8, 4) is 5.75 Å². The number of ether oxygens (including phenoxy) is 1. The van der Waals surface area contributed by atoms with Gasteiger partial charge in [0.05, 0.1) is 5.02 Å². The summed E-state index contributed by atoms with van der Waals surface area (Å²) < 4.78 is 5.42. The quantitative estimate of drug-likeness (QED) is 0.657. The number of benzene rings is 1. The summed E-state index contributed by atoms with van der Waals surface area (Å²) >= 11 is 11.9. The summed E-state index contributed by atoms with van der Waals surface area (Å²) in [6.07, 6.45) is 4.41. The molecule has 1 saturated heterocycles.